The number of aryl methyl sites for hydroxylation is 2. The Bertz CT molecular complexity index is 2820. The molecular weight excluding hydrogens is 798 g/mol. The molecule has 2 saturated heterocycles. The molecule has 2 aromatic carbocycles. The van der Waals surface area contributed by atoms with Crippen LogP contribution in [0.5, 0.6) is 0 Å². The van der Waals surface area contributed by atoms with Crippen LogP contribution in [0.3, 0.4) is 0 Å². The maximum atomic E-state index is 15.3. The van der Waals surface area contributed by atoms with Crippen LogP contribution in [0.2, 0.25) is 5.02 Å². The highest BCUT2D eigenvalue weighted by molar-refractivity contribution is 6.38. The Labute approximate surface area is 348 Å². The van der Waals surface area contributed by atoms with Gasteiger partial charge in [0.25, 0.3) is 11.1 Å². The van der Waals surface area contributed by atoms with Gasteiger partial charge in [-0.3, -0.25) is 9.59 Å². The van der Waals surface area contributed by atoms with Gasteiger partial charge in [-0.1, -0.05) is 11.6 Å². The van der Waals surface area contributed by atoms with Crippen LogP contribution >= 0.6 is 11.6 Å². The third-order valence-electron chi connectivity index (χ3n) is 11.9. The number of hydrogen-bond acceptors (Lipinski definition) is 11. The summed E-state index contributed by atoms with van der Waals surface area (Å²) in [5.74, 6) is 0.490. The van der Waals surface area contributed by atoms with Crippen molar-refractivity contribution in [3.05, 3.63) is 67.3 Å². The van der Waals surface area contributed by atoms with Crippen LogP contribution in [0.15, 0.2) is 36.6 Å². The molecule has 10 rings (SSSR count). The Hall–Kier alpha value is -5.22. The first-order valence-corrected chi connectivity index (χ1v) is 21.1. The number of nitrogens with one attached hydrogen (secondary N) is 1. The van der Waals surface area contributed by atoms with Gasteiger partial charge in [0.15, 0.2) is 34.0 Å². The lowest BCUT2D eigenvalue weighted by Crippen LogP contribution is -2.36. The summed E-state index contributed by atoms with van der Waals surface area (Å²) in [4.78, 5) is 50.6. The average molecular weight is 847 g/mol. The summed E-state index contributed by atoms with van der Waals surface area (Å²) in [7, 11) is 0. The molecule has 2 aliphatic heterocycles. The smallest absolute Gasteiger partial charge is 0.407 e. The Kier molecular flexibility index (Phi) is 10.1. The van der Waals surface area contributed by atoms with Crippen molar-refractivity contribution >= 4 is 73.1 Å². The minimum atomic E-state index is -0.551. The van der Waals surface area contributed by atoms with Crippen molar-refractivity contribution in [3.63, 3.8) is 0 Å². The van der Waals surface area contributed by atoms with Gasteiger partial charge in [0.2, 0.25) is 0 Å². The quantitative estimate of drug-likeness (QED) is 0.162. The fourth-order valence-electron chi connectivity index (χ4n) is 8.78. The third-order valence-corrected chi connectivity index (χ3v) is 12.2. The Balaban J connectivity index is 0.000000157. The van der Waals surface area contributed by atoms with Gasteiger partial charge in [-0.15, -0.1) is 0 Å². The van der Waals surface area contributed by atoms with Crippen molar-refractivity contribution in [2.45, 2.75) is 90.8 Å². The largest absolute Gasteiger partial charge is 0.444 e. The van der Waals surface area contributed by atoms with Gasteiger partial charge in [-0.05, 0) is 95.9 Å². The normalized spacial score (nSPS) is 19.6. The molecule has 2 aliphatic carbocycles. The van der Waals surface area contributed by atoms with Crippen LogP contribution < -0.4 is 32.0 Å². The van der Waals surface area contributed by atoms with Crippen molar-refractivity contribution < 1.29 is 27.1 Å². The summed E-state index contributed by atoms with van der Waals surface area (Å²) in [6, 6.07) is 4.85. The molecule has 3 N–H and O–H groups in total. The predicted molar refractivity (Wildman–Crippen MR) is 226 cm³/mol. The predicted octanol–water partition coefficient (Wildman–Crippen LogP) is 7.64. The first kappa shape index (κ1) is 40.2. The number of rotatable bonds is 7. The number of anilines is 2. The van der Waals surface area contributed by atoms with E-state index in [-0.39, 0.29) is 51.0 Å². The maximum absolute atomic E-state index is 15.3. The van der Waals surface area contributed by atoms with Crippen molar-refractivity contribution in [1.82, 2.24) is 24.4 Å². The summed E-state index contributed by atoms with van der Waals surface area (Å²) in [5, 5.41) is 4.15. The summed E-state index contributed by atoms with van der Waals surface area (Å²) in [6.45, 7) is 12.5. The molecule has 60 heavy (non-hydrogen) atoms. The standard InChI is InChI=1S/C24H29FN4O4.C19H20ClFN4O2/c1-13-27-20-21(32-13)16-9-17(25)19(10-18(16)29(22(20)30)15-5-6-15)28-8-7-14(12-28)11-26-23(31)33-24(2,3)4;1-9-23-15-18(27-9)12-6-13(21)17(24-5-4-10(7-22)8-24)14(20)16(12)25(19(15)26)11-2-3-11/h9-10,14-15H,5-8,11-12H2,1-4H3,(H,26,31);6,10-11H,2-5,7-8,22H2,1H3. The number of hydrogen-bond donors (Lipinski definition) is 2. The second-order valence-corrected chi connectivity index (χ2v) is 18.1. The van der Waals surface area contributed by atoms with E-state index in [1.165, 1.54) is 12.1 Å². The van der Waals surface area contributed by atoms with Gasteiger partial charge in [0.05, 0.1) is 27.4 Å². The summed E-state index contributed by atoms with van der Waals surface area (Å²) < 4.78 is 50.5. The van der Waals surface area contributed by atoms with Crippen LogP contribution in [-0.2, 0) is 4.74 Å². The number of nitrogens with two attached hydrogens (primary N) is 1. The zero-order chi connectivity index (χ0) is 42.4. The second-order valence-electron chi connectivity index (χ2n) is 17.7. The highest BCUT2D eigenvalue weighted by atomic mass is 35.5. The molecule has 2 saturated carbocycles. The van der Waals surface area contributed by atoms with Crippen molar-refractivity contribution in [2.24, 2.45) is 17.6 Å². The van der Waals surface area contributed by atoms with Gasteiger partial charge in [0, 0.05) is 69.4 Å². The summed E-state index contributed by atoms with van der Waals surface area (Å²) >= 11 is 6.74. The molecule has 0 bridgehead atoms. The van der Waals surface area contributed by atoms with Crippen molar-refractivity contribution in [3.8, 4) is 0 Å². The van der Waals surface area contributed by atoms with Crippen molar-refractivity contribution in [1.29, 1.82) is 0 Å². The number of alkyl carbamates (subject to hydrolysis) is 1. The van der Waals surface area contributed by atoms with E-state index in [1.807, 2.05) is 30.6 Å². The first-order valence-electron chi connectivity index (χ1n) is 20.7. The van der Waals surface area contributed by atoms with Crippen LogP contribution in [0.4, 0.5) is 25.0 Å². The topological polar surface area (TPSA) is 167 Å². The third kappa shape index (κ3) is 7.35. The number of aromatic nitrogens is 4. The van der Waals surface area contributed by atoms with Gasteiger partial charge in [0.1, 0.15) is 17.2 Å². The molecule has 14 nitrogen and oxygen atoms in total. The fraction of sp³-hybridized carbons (Fsp3) is 0.512. The molecule has 2 atom stereocenters. The number of halogens is 3. The van der Waals surface area contributed by atoms with Gasteiger partial charge >= 0.3 is 6.09 Å². The van der Waals surface area contributed by atoms with Crippen LogP contribution in [-0.4, -0.2) is 70.1 Å². The Morgan fingerprint density at radius 1 is 0.850 bits per heavy atom. The lowest BCUT2D eigenvalue weighted by molar-refractivity contribution is 0.0520. The van der Waals surface area contributed by atoms with Crippen LogP contribution in [0, 0.1) is 37.3 Å². The molecule has 2 unspecified atom stereocenters. The lowest BCUT2D eigenvalue weighted by Gasteiger charge is -2.23. The summed E-state index contributed by atoms with van der Waals surface area (Å²) in [6.07, 6.45) is 4.93. The molecule has 4 aliphatic rings. The van der Waals surface area contributed by atoms with Gasteiger partial charge in [-0.2, -0.15) is 0 Å². The Morgan fingerprint density at radius 3 is 2.03 bits per heavy atom. The molecule has 4 fully saturated rings. The Morgan fingerprint density at radius 2 is 1.42 bits per heavy atom. The second kappa shape index (κ2) is 15.0. The molecular formula is C43H49ClF2N8O6. The number of amides is 1. The first-order chi connectivity index (χ1) is 28.6. The molecule has 17 heteroatoms. The van der Waals surface area contributed by atoms with E-state index < -0.39 is 17.5 Å². The molecule has 4 aromatic heterocycles. The number of ether oxygens (including phenoxy) is 1. The molecule has 0 spiro atoms. The molecule has 318 valence electrons. The number of nitrogens with zero attached hydrogens (tertiary/aromatic N) is 6. The minimum Gasteiger partial charge on any atom is -0.444 e. The number of oxazole rings is 2. The highest BCUT2D eigenvalue weighted by Gasteiger charge is 2.35. The SMILES string of the molecule is Cc1nc2c(=O)n(C3CC3)c3c(Cl)c(N4CCC(CN)C4)c(F)cc3c2o1.Cc1nc2c(=O)n(C3CC3)c3cc(N4CCC(CNC(=O)OC(C)(C)C)C4)c(F)cc3c2o1. The highest BCUT2D eigenvalue weighted by Crippen LogP contribution is 2.44. The zero-order valence-electron chi connectivity index (χ0n) is 34.4. The maximum Gasteiger partial charge on any atom is 0.407 e. The van der Waals surface area contributed by atoms with E-state index in [2.05, 4.69) is 15.3 Å². The van der Waals surface area contributed by atoms with Gasteiger partial charge in [-0.25, -0.2) is 23.5 Å². The number of carbonyl (C=O) groups is 1. The molecule has 0 radical (unpaired) electrons. The minimum absolute atomic E-state index is 0.0765. The monoisotopic (exact) mass is 846 g/mol. The van der Waals surface area contributed by atoms with E-state index in [1.54, 1.807) is 29.0 Å². The van der Waals surface area contributed by atoms with Gasteiger partial charge < -0.3 is 43.6 Å². The van der Waals surface area contributed by atoms with Crippen LogP contribution in [0.1, 0.15) is 83.2 Å². The zero-order valence-corrected chi connectivity index (χ0v) is 35.1. The van der Waals surface area contributed by atoms with E-state index in [4.69, 9.17) is 30.9 Å². The fourth-order valence-corrected chi connectivity index (χ4v) is 9.19. The average Bonchev–Trinajstić information content (AvgIpc) is 3.99. The van der Waals surface area contributed by atoms with Crippen molar-refractivity contribution in [2.75, 3.05) is 49.1 Å². The summed E-state index contributed by atoms with van der Waals surface area (Å²) in [5.41, 5.74) is 8.00. The van der Waals surface area contributed by atoms with E-state index in [0.717, 1.165) is 38.5 Å². The van der Waals surface area contributed by atoms with E-state index in [9.17, 15) is 14.4 Å². The molecule has 6 heterocycles. The van der Waals surface area contributed by atoms with E-state index >= 15 is 8.78 Å². The van der Waals surface area contributed by atoms with E-state index in [0.29, 0.717) is 101 Å². The number of fused-ring (bicyclic) bond motifs is 6. The molecule has 1 amide bonds. The number of benzene rings is 2. The van der Waals surface area contributed by atoms with Crippen LogP contribution in [0.25, 0.3) is 44.0 Å². The number of pyridine rings is 2. The molecule has 6 aromatic rings. The lowest BCUT2D eigenvalue weighted by atomic mass is 10.1. The number of carbonyl (C=O) groups excluding carboxylic acids is 1.